The van der Waals surface area contributed by atoms with Crippen LogP contribution in [0.5, 0.6) is 0 Å². The minimum Gasteiger partial charge on any atom is -0.378 e. The normalized spacial score (nSPS) is 29.9. The van der Waals surface area contributed by atoms with Gasteiger partial charge in [-0.15, -0.1) is 0 Å². The number of carbonyl (C=O) groups is 1. The maximum absolute atomic E-state index is 13.8. The lowest BCUT2D eigenvalue weighted by molar-refractivity contribution is -0.123. The van der Waals surface area contributed by atoms with Gasteiger partial charge in [-0.25, -0.2) is 4.39 Å². The molecule has 1 N–H and O–H groups in total. The molecule has 4 rings (SSSR count). The Kier molecular flexibility index (Phi) is 4.21. The predicted octanol–water partition coefficient (Wildman–Crippen LogP) is 2.89. The van der Waals surface area contributed by atoms with Crippen molar-refractivity contribution < 1.29 is 13.9 Å². The number of rotatable bonds is 4. The first kappa shape index (κ1) is 15.9. The summed E-state index contributed by atoms with van der Waals surface area (Å²) in [4.78, 5) is 14.8. The Bertz CT molecular complexity index is 620. The molecule has 4 nitrogen and oxygen atoms in total. The number of nitrogens with one attached hydrogen (secondary N) is 1. The molecule has 1 saturated heterocycles. The van der Waals surface area contributed by atoms with Crippen LogP contribution in [0, 0.1) is 23.6 Å². The number of benzene rings is 1. The first-order valence-corrected chi connectivity index (χ1v) is 9.07. The Labute approximate surface area is 142 Å². The Morgan fingerprint density at radius 1 is 1.29 bits per heavy atom. The minimum absolute atomic E-state index is 0.148. The predicted molar refractivity (Wildman–Crippen MR) is 90.3 cm³/mol. The van der Waals surface area contributed by atoms with Gasteiger partial charge >= 0.3 is 0 Å². The molecule has 3 fully saturated rings. The Hall–Kier alpha value is -1.62. The number of anilines is 1. The van der Waals surface area contributed by atoms with Crippen LogP contribution in [0.15, 0.2) is 18.2 Å². The standard InChI is InChI=1S/C19H25FN2O2/c1-12(21-19(23)18-14-3-2-4-15(14)18)16-11-13(20)5-6-17(16)22-7-9-24-10-8-22/h5-6,11-12,14-15,18H,2-4,7-10H2,1H3,(H,21,23). The zero-order chi connectivity index (χ0) is 16.7. The highest BCUT2D eigenvalue weighted by Gasteiger charge is 2.56. The van der Waals surface area contributed by atoms with E-state index in [0.29, 0.717) is 25.0 Å². The van der Waals surface area contributed by atoms with Crippen LogP contribution in [-0.4, -0.2) is 32.2 Å². The van der Waals surface area contributed by atoms with Gasteiger partial charge < -0.3 is 15.0 Å². The van der Waals surface area contributed by atoms with Crippen LogP contribution in [0.1, 0.15) is 37.8 Å². The summed E-state index contributed by atoms with van der Waals surface area (Å²) in [6.45, 7) is 4.92. The van der Waals surface area contributed by atoms with Gasteiger partial charge in [-0.2, -0.15) is 0 Å². The number of ether oxygens (including phenoxy) is 1. The SMILES string of the molecule is CC(NC(=O)C1C2CCCC21)c1cc(F)ccc1N1CCOCC1. The third-order valence-corrected chi connectivity index (χ3v) is 5.88. The molecule has 3 aliphatic rings. The number of hydrogen-bond donors (Lipinski definition) is 1. The highest BCUT2D eigenvalue weighted by molar-refractivity contribution is 5.83. The highest BCUT2D eigenvalue weighted by atomic mass is 19.1. The van der Waals surface area contributed by atoms with Gasteiger partial charge in [0.15, 0.2) is 0 Å². The van der Waals surface area contributed by atoms with Crippen LogP contribution in [0.3, 0.4) is 0 Å². The van der Waals surface area contributed by atoms with E-state index in [2.05, 4.69) is 10.2 Å². The fourth-order valence-corrected chi connectivity index (χ4v) is 4.56. The van der Waals surface area contributed by atoms with E-state index in [0.717, 1.165) is 24.3 Å². The van der Waals surface area contributed by atoms with Gasteiger partial charge in [0.2, 0.25) is 5.91 Å². The second-order valence-corrected chi connectivity index (χ2v) is 7.32. The summed E-state index contributed by atoms with van der Waals surface area (Å²) in [5, 5.41) is 3.13. The topological polar surface area (TPSA) is 41.6 Å². The van der Waals surface area contributed by atoms with Crippen molar-refractivity contribution in [1.82, 2.24) is 5.32 Å². The first-order chi connectivity index (χ1) is 11.6. The lowest BCUT2D eigenvalue weighted by Crippen LogP contribution is -2.38. The number of nitrogens with zero attached hydrogens (tertiary/aromatic N) is 1. The van der Waals surface area contributed by atoms with Gasteiger partial charge in [0, 0.05) is 30.3 Å². The van der Waals surface area contributed by atoms with E-state index in [4.69, 9.17) is 4.74 Å². The van der Waals surface area contributed by atoms with E-state index in [9.17, 15) is 9.18 Å². The molecule has 5 heteroatoms. The third-order valence-electron chi connectivity index (χ3n) is 5.88. The van der Waals surface area contributed by atoms with Crippen LogP contribution < -0.4 is 10.2 Å². The van der Waals surface area contributed by atoms with E-state index in [1.54, 1.807) is 6.07 Å². The fraction of sp³-hybridized carbons (Fsp3) is 0.632. The van der Waals surface area contributed by atoms with Crippen molar-refractivity contribution in [3.63, 3.8) is 0 Å². The summed E-state index contributed by atoms with van der Waals surface area (Å²) < 4.78 is 19.2. The first-order valence-electron chi connectivity index (χ1n) is 9.07. The molecule has 24 heavy (non-hydrogen) atoms. The van der Waals surface area contributed by atoms with E-state index >= 15 is 0 Å². The number of carbonyl (C=O) groups excluding carboxylic acids is 1. The average molecular weight is 332 g/mol. The molecule has 0 radical (unpaired) electrons. The monoisotopic (exact) mass is 332 g/mol. The minimum atomic E-state index is -0.258. The molecule has 1 aromatic carbocycles. The lowest BCUT2D eigenvalue weighted by Gasteiger charge is -2.32. The van der Waals surface area contributed by atoms with E-state index in [1.165, 1.54) is 25.3 Å². The summed E-state index contributed by atoms with van der Waals surface area (Å²) >= 11 is 0. The number of morpholine rings is 1. The molecule has 1 heterocycles. The summed E-state index contributed by atoms with van der Waals surface area (Å²) in [5.74, 6) is 1.29. The largest absolute Gasteiger partial charge is 0.378 e. The van der Waals surface area contributed by atoms with Gasteiger partial charge in [0.25, 0.3) is 0 Å². The van der Waals surface area contributed by atoms with Crippen molar-refractivity contribution in [3.05, 3.63) is 29.6 Å². The number of fused-ring (bicyclic) bond motifs is 1. The number of hydrogen-bond acceptors (Lipinski definition) is 3. The quantitative estimate of drug-likeness (QED) is 0.922. The van der Waals surface area contributed by atoms with Crippen molar-refractivity contribution >= 4 is 11.6 Å². The Morgan fingerprint density at radius 3 is 2.71 bits per heavy atom. The molecule has 3 unspecified atom stereocenters. The second kappa shape index (κ2) is 6.36. The van der Waals surface area contributed by atoms with Gasteiger partial charge in [0.1, 0.15) is 5.82 Å². The molecule has 0 spiro atoms. The number of halogens is 1. The third kappa shape index (κ3) is 2.90. The number of amides is 1. The molecule has 1 amide bonds. The molecular weight excluding hydrogens is 307 g/mol. The molecule has 1 aromatic rings. The molecule has 1 aliphatic heterocycles. The summed E-state index contributed by atoms with van der Waals surface area (Å²) in [5.41, 5.74) is 1.86. The van der Waals surface area contributed by atoms with Gasteiger partial charge in [-0.05, 0) is 49.8 Å². The lowest BCUT2D eigenvalue weighted by atomic mass is 10.0. The summed E-state index contributed by atoms with van der Waals surface area (Å²) in [6, 6.07) is 4.69. The smallest absolute Gasteiger partial charge is 0.224 e. The zero-order valence-electron chi connectivity index (χ0n) is 14.1. The van der Waals surface area contributed by atoms with Crippen LogP contribution in [0.4, 0.5) is 10.1 Å². The van der Waals surface area contributed by atoms with Gasteiger partial charge in [0.05, 0.1) is 19.3 Å². The molecule has 0 aromatic heterocycles. The van der Waals surface area contributed by atoms with Crippen molar-refractivity contribution in [2.45, 2.75) is 32.2 Å². The van der Waals surface area contributed by atoms with Crippen LogP contribution in [0.25, 0.3) is 0 Å². The molecular formula is C19H25FN2O2. The van der Waals surface area contributed by atoms with Crippen molar-refractivity contribution in [1.29, 1.82) is 0 Å². The Balaban J connectivity index is 1.49. The zero-order valence-corrected chi connectivity index (χ0v) is 14.1. The van der Waals surface area contributed by atoms with Crippen LogP contribution >= 0.6 is 0 Å². The van der Waals surface area contributed by atoms with Crippen molar-refractivity contribution in [2.75, 3.05) is 31.2 Å². The molecule has 3 atom stereocenters. The summed E-state index contributed by atoms with van der Waals surface area (Å²) in [6.07, 6.45) is 3.64. The maximum Gasteiger partial charge on any atom is 0.224 e. The van der Waals surface area contributed by atoms with E-state index < -0.39 is 0 Å². The van der Waals surface area contributed by atoms with Crippen LogP contribution in [0.2, 0.25) is 0 Å². The van der Waals surface area contributed by atoms with Crippen molar-refractivity contribution in [2.24, 2.45) is 17.8 Å². The summed E-state index contributed by atoms with van der Waals surface area (Å²) in [7, 11) is 0. The van der Waals surface area contributed by atoms with Crippen LogP contribution in [-0.2, 0) is 9.53 Å². The molecule has 2 aliphatic carbocycles. The maximum atomic E-state index is 13.8. The molecule has 0 bridgehead atoms. The molecule has 2 saturated carbocycles. The van der Waals surface area contributed by atoms with Gasteiger partial charge in [-0.1, -0.05) is 6.42 Å². The van der Waals surface area contributed by atoms with E-state index in [1.807, 2.05) is 13.0 Å². The Morgan fingerprint density at radius 2 is 2.00 bits per heavy atom. The van der Waals surface area contributed by atoms with E-state index in [-0.39, 0.29) is 23.7 Å². The fourth-order valence-electron chi connectivity index (χ4n) is 4.56. The highest BCUT2D eigenvalue weighted by Crippen LogP contribution is 2.57. The van der Waals surface area contributed by atoms with Crippen molar-refractivity contribution in [3.8, 4) is 0 Å². The average Bonchev–Trinajstić information content (AvgIpc) is 3.08. The molecule has 130 valence electrons. The van der Waals surface area contributed by atoms with Gasteiger partial charge in [-0.3, -0.25) is 4.79 Å². The second-order valence-electron chi connectivity index (χ2n) is 7.32.